The molecule has 2 aromatic rings. The molecule has 1 atom stereocenters. The van der Waals surface area contributed by atoms with Crippen molar-refractivity contribution < 1.29 is 0 Å². The van der Waals surface area contributed by atoms with Gasteiger partial charge >= 0.3 is 0 Å². The molecule has 1 unspecified atom stereocenters. The number of aryl methyl sites for hydroxylation is 1. The van der Waals surface area contributed by atoms with Gasteiger partial charge in [0.1, 0.15) is 0 Å². The van der Waals surface area contributed by atoms with Crippen LogP contribution < -0.4 is 5.32 Å². The molecular weight excluding hydrogens is 434 g/mol. The van der Waals surface area contributed by atoms with Crippen molar-refractivity contribution in [3.63, 3.8) is 0 Å². The van der Waals surface area contributed by atoms with Gasteiger partial charge in [0.05, 0.1) is 6.04 Å². The maximum atomic E-state index is 3.63. The van der Waals surface area contributed by atoms with Crippen LogP contribution in [0.2, 0.25) is 0 Å². The van der Waals surface area contributed by atoms with Crippen molar-refractivity contribution in [3.05, 3.63) is 60.9 Å². The molecule has 0 bridgehead atoms. The van der Waals surface area contributed by atoms with Crippen LogP contribution in [0.3, 0.4) is 0 Å². The molecule has 3 rings (SSSR count). The Labute approximate surface area is 138 Å². The van der Waals surface area contributed by atoms with Crippen molar-refractivity contribution >= 4 is 53.5 Å². The van der Waals surface area contributed by atoms with Crippen molar-refractivity contribution in [2.75, 3.05) is 5.32 Å². The first-order valence-electron chi connectivity index (χ1n) is 6.13. The van der Waals surface area contributed by atoms with Gasteiger partial charge in [-0.15, -0.1) is 0 Å². The van der Waals surface area contributed by atoms with Crippen LogP contribution in [0.25, 0.3) is 0 Å². The van der Waals surface area contributed by atoms with Crippen molar-refractivity contribution in [2.45, 2.75) is 18.9 Å². The lowest BCUT2D eigenvalue weighted by Crippen LogP contribution is -2.07. The van der Waals surface area contributed by atoms with Gasteiger partial charge in [0.25, 0.3) is 0 Å². The topological polar surface area (TPSA) is 12.0 Å². The first-order chi connectivity index (χ1) is 9.13. The highest BCUT2D eigenvalue weighted by molar-refractivity contribution is 9.11. The van der Waals surface area contributed by atoms with Crippen LogP contribution in [0.5, 0.6) is 0 Å². The van der Waals surface area contributed by atoms with Gasteiger partial charge in [0.15, 0.2) is 0 Å². The number of nitrogens with one attached hydrogen (secondary N) is 1. The number of benzene rings is 2. The number of hydrogen-bond acceptors (Lipinski definition) is 1. The van der Waals surface area contributed by atoms with Crippen molar-refractivity contribution in [1.82, 2.24) is 0 Å². The zero-order valence-corrected chi connectivity index (χ0v) is 14.8. The molecule has 4 heteroatoms. The van der Waals surface area contributed by atoms with E-state index in [1.54, 1.807) is 0 Å². The lowest BCUT2D eigenvalue weighted by atomic mass is 10.1. The van der Waals surface area contributed by atoms with Gasteiger partial charge in [-0.3, -0.25) is 0 Å². The SMILES string of the molecule is Brc1ccc(NC2CCc3cc(Br)ccc32)c(Br)c1. The molecule has 1 aliphatic rings. The van der Waals surface area contributed by atoms with E-state index in [1.165, 1.54) is 11.1 Å². The van der Waals surface area contributed by atoms with Gasteiger partial charge in [0.2, 0.25) is 0 Å². The fraction of sp³-hybridized carbons (Fsp3) is 0.200. The highest BCUT2D eigenvalue weighted by atomic mass is 79.9. The fourth-order valence-electron chi connectivity index (χ4n) is 2.53. The summed E-state index contributed by atoms with van der Waals surface area (Å²) >= 11 is 10.6. The number of fused-ring (bicyclic) bond motifs is 1. The number of rotatable bonds is 2. The normalized spacial score (nSPS) is 17.3. The molecule has 1 N–H and O–H groups in total. The molecule has 0 fully saturated rings. The molecule has 0 radical (unpaired) electrons. The van der Waals surface area contributed by atoms with Crippen LogP contribution >= 0.6 is 47.8 Å². The average Bonchev–Trinajstić information content (AvgIpc) is 2.75. The van der Waals surface area contributed by atoms with E-state index in [0.29, 0.717) is 6.04 Å². The first-order valence-corrected chi connectivity index (χ1v) is 8.51. The molecule has 0 aromatic heterocycles. The summed E-state index contributed by atoms with van der Waals surface area (Å²) in [6.07, 6.45) is 2.29. The third-order valence-corrected chi connectivity index (χ3v) is 5.09. The molecule has 0 aliphatic heterocycles. The zero-order valence-electron chi connectivity index (χ0n) is 10.1. The van der Waals surface area contributed by atoms with Gasteiger partial charge in [-0.1, -0.05) is 37.9 Å². The van der Waals surface area contributed by atoms with Crippen molar-refractivity contribution in [3.8, 4) is 0 Å². The number of halogens is 3. The minimum absolute atomic E-state index is 0.403. The summed E-state index contributed by atoms with van der Waals surface area (Å²) in [6.45, 7) is 0. The maximum absolute atomic E-state index is 3.63. The molecule has 2 aromatic carbocycles. The summed E-state index contributed by atoms with van der Waals surface area (Å²) in [5.74, 6) is 0. The highest BCUT2D eigenvalue weighted by Crippen LogP contribution is 2.37. The fourth-order valence-corrected chi connectivity index (χ4v) is 4.10. The van der Waals surface area contributed by atoms with Gasteiger partial charge in [-0.25, -0.2) is 0 Å². The molecule has 0 saturated heterocycles. The molecule has 19 heavy (non-hydrogen) atoms. The third kappa shape index (κ3) is 2.91. The standard InChI is InChI=1S/C15H12Br3N/c16-10-2-4-12-9(7-10)1-5-14(12)19-15-6-3-11(17)8-13(15)18/h2-4,6-8,14,19H,1,5H2. The summed E-state index contributed by atoms with van der Waals surface area (Å²) in [4.78, 5) is 0. The van der Waals surface area contributed by atoms with E-state index in [9.17, 15) is 0 Å². The third-order valence-electron chi connectivity index (χ3n) is 3.44. The summed E-state index contributed by atoms with van der Waals surface area (Å²) in [5, 5.41) is 3.63. The van der Waals surface area contributed by atoms with Gasteiger partial charge in [-0.05, 0) is 70.2 Å². The van der Waals surface area contributed by atoms with Crippen LogP contribution in [0.15, 0.2) is 49.8 Å². The van der Waals surface area contributed by atoms with E-state index in [-0.39, 0.29) is 0 Å². The second kappa shape index (κ2) is 5.58. The lowest BCUT2D eigenvalue weighted by Gasteiger charge is -2.17. The summed E-state index contributed by atoms with van der Waals surface area (Å²) < 4.78 is 3.34. The molecule has 1 aliphatic carbocycles. The van der Waals surface area contributed by atoms with Crippen LogP contribution in [0, 0.1) is 0 Å². The number of anilines is 1. The van der Waals surface area contributed by atoms with Crippen LogP contribution in [-0.4, -0.2) is 0 Å². The van der Waals surface area contributed by atoms with Crippen molar-refractivity contribution in [1.29, 1.82) is 0 Å². The minimum atomic E-state index is 0.403. The Hall–Kier alpha value is -0.320. The lowest BCUT2D eigenvalue weighted by molar-refractivity contribution is 0.761. The van der Waals surface area contributed by atoms with Gasteiger partial charge in [-0.2, -0.15) is 0 Å². The molecular formula is C15H12Br3N. The summed E-state index contributed by atoms with van der Waals surface area (Å²) in [6, 6.07) is 13.2. The Bertz CT molecular complexity index is 625. The quantitative estimate of drug-likeness (QED) is 0.591. The van der Waals surface area contributed by atoms with Crippen LogP contribution in [-0.2, 0) is 6.42 Å². The van der Waals surface area contributed by atoms with E-state index in [4.69, 9.17) is 0 Å². The Balaban J connectivity index is 1.86. The second-order valence-corrected chi connectivity index (χ2v) is 7.39. The zero-order chi connectivity index (χ0) is 13.4. The molecule has 0 heterocycles. The molecule has 1 nitrogen and oxygen atoms in total. The maximum Gasteiger partial charge on any atom is 0.0520 e. The minimum Gasteiger partial charge on any atom is -0.377 e. The Kier molecular flexibility index (Phi) is 4.01. The van der Waals surface area contributed by atoms with Gasteiger partial charge < -0.3 is 5.32 Å². The smallest absolute Gasteiger partial charge is 0.0520 e. The molecule has 0 saturated carbocycles. The van der Waals surface area contributed by atoms with E-state index in [2.05, 4.69) is 89.5 Å². The van der Waals surface area contributed by atoms with Gasteiger partial charge in [0, 0.05) is 19.1 Å². The second-order valence-electron chi connectivity index (χ2n) is 4.70. The van der Waals surface area contributed by atoms with Crippen molar-refractivity contribution in [2.24, 2.45) is 0 Å². The Morgan fingerprint density at radius 3 is 2.47 bits per heavy atom. The monoisotopic (exact) mass is 443 g/mol. The van der Waals surface area contributed by atoms with Crippen LogP contribution in [0.4, 0.5) is 5.69 Å². The highest BCUT2D eigenvalue weighted by Gasteiger charge is 2.22. The van der Waals surface area contributed by atoms with E-state index < -0.39 is 0 Å². The first kappa shape index (κ1) is 13.7. The Morgan fingerprint density at radius 2 is 1.68 bits per heavy atom. The van der Waals surface area contributed by atoms with E-state index >= 15 is 0 Å². The Morgan fingerprint density at radius 1 is 0.947 bits per heavy atom. The van der Waals surface area contributed by atoms with Crippen LogP contribution in [0.1, 0.15) is 23.6 Å². The van der Waals surface area contributed by atoms with E-state index in [0.717, 1.165) is 31.9 Å². The summed E-state index contributed by atoms with van der Waals surface area (Å²) in [7, 11) is 0. The number of hydrogen-bond donors (Lipinski definition) is 1. The summed E-state index contributed by atoms with van der Waals surface area (Å²) in [5.41, 5.74) is 4.00. The largest absolute Gasteiger partial charge is 0.377 e. The molecule has 98 valence electrons. The predicted octanol–water partition coefficient (Wildman–Crippen LogP) is 6.07. The molecule has 0 amide bonds. The average molecular weight is 446 g/mol. The van der Waals surface area contributed by atoms with E-state index in [1.807, 2.05) is 0 Å². The predicted molar refractivity (Wildman–Crippen MR) is 90.7 cm³/mol. The molecule has 0 spiro atoms.